The molecule has 0 aliphatic rings. The van der Waals surface area contributed by atoms with Crippen LogP contribution in [-0.4, -0.2) is 15.4 Å². The SMILES string of the molecule is Cc1ccc(-n2c(CCCl)nc3c(C)cccc32)cc1. The molecular formula is C17H17ClN2. The molecule has 0 atom stereocenters. The molecule has 3 heteroatoms. The predicted octanol–water partition coefficient (Wildman–Crippen LogP) is 4.42. The van der Waals surface area contributed by atoms with Gasteiger partial charge in [-0.1, -0.05) is 29.8 Å². The third kappa shape index (κ3) is 2.20. The van der Waals surface area contributed by atoms with Crippen LogP contribution >= 0.6 is 11.6 Å². The average Bonchev–Trinajstić information content (AvgIpc) is 2.80. The van der Waals surface area contributed by atoms with E-state index in [1.54, 1.807) is 0 Å². The minimum atomic E-state index is 0.578. The number of para-hydroxylation sites is 1. The molecule has 0 aliphatic carbocycles. The van der Waals surface area contributed by atoms with Crippen LogP contribution in [-0.2, 0) is 6.42 Å². The van der Waals surface area contributed by atoms with E-state index >= 15 is 0 Å². The fraction of sp³-hybridized carbons (Fsp3) is 0.235. The molecule has 0 aliphatic heterocycles. The van der Waals surface area contributed by atoms with Crippen molar-refractivity contribution in [3.63, 3.8) is 0 Å². The van der Waals surface area contributed by atoms with Gasteiger partial charge >= 0.3 is 0 Å². The van der Waals surface area contributed by atoms with Gasteiger partial charge in [0.15, 0.2) is 0 Å². The minimum Gasteiger partial charge on any atom is -0.296 e. The highest BCUT2D eigenvalue weighted by molar-refractivity contribution is 6.17. The molecule has 0 radical (unpaired) electrons. The highest BCUT2D eigenvalue weighted by Gasteiger charge is 2.13. The molecule has 3 rings (SSSR count). The Morgan fingerprint density at radius 3 is 2.50 bits per heavy atom. The van der Waals surface area contributed by atoms with E-state index in [1.165, 1.54) is 11.1 Å². The van der Waals surface area contributed by atoms with Crippen molar-refractivity contribution >= 4 is 22.6 Å². The van der Waals surface area contributed by atoms with Gasteiger partial charge in [-0.3, -0.25) is 4.57 Å². The zero-order valence-corrected chi connectivity index (χ0v) is 12.5. The quantitative estimate of drug-likeness (QED) is 0.651. The van der Waals surface area contributed by atoms with Gasteiger partial charge in [-0.05, 0) is 37.6 Å². The van der Waals surface area contributed by atoms with Crippen molar-refractivity contribution in [2.24, 2.45) is 0 Å². The van der Waals surface area contributed by atoms with Gasteiger partial charge in [-0.2, -0.15) is 0 Å². The molecule has 102 valence electrons. The topological polar surface area (TPSA) is 17.8 Å². The van der Waals surface area contributed by atoms with Crippen LogP contribution in [0.15, 0.2) is 42.5 Å². The van der Waals surface area contributed by atoms with Crippen LogP contribution in [0.3, 0.4) is 0 Å². The van der Waals surface area contributed by atoms with Crippen LogP contribution in [0.4, 0.5) is 0 Å². The fourth-order valence-corrected chi connectivity index (χ4v) is 2.69. The first-order valence-electron chi connectivity index (χ1n) is 6.80. The summed E-state index contributed by atoms with van der Waals surface area (Å²) in [6.45, 7) is 4.19. The first-order chi connectivity index (χ1) is 9.70. The Morgan fingerprint density at radius 2 is 1.80 bits per heavy atom. The lowest BCUT2D eigenvalue weighted by molar-refractivity contribution is 0.912. The number of rotatable bonds is 3. The Balaban J connectivity index is 2.28. The van der Waals surface area contributed by atoms with Crippen molar-refractivity contribution < 1.29 is 0 Å². The van der Waals surface area contributed by atoms with Gasteiger partial charge in [-0.25, -0.2) is 4.98 Å². The number of halogens is 1. The van der Waals surface area contributed by atoms with E-state index in [4.69, 9.17) is 16.6 Å². The highest BCUT2D eigenvalue weighted by atomic mass is 35.5. The Morgan fingerprint density at radius 1 is 1.05 bits per heavy atom. The molecule has 1 heterocycles. The molecule has 2 aromatic carbocycles. The standard InChI is InChI=1S/C17H17ClN2/c1-12-6-8-14(9-7-12)20-15-5-3-4-13(2)17(15)19-16(20)10-11-18/h3-9H,10-11H2,1-2H3. The predicted molar refractivity (Wildman–Crippen MR) is 85.0 cm³/mol. The average molecular weight is 285 g/mol. The van der Waals surface area contributed by atoms with Crippen molar-refractivity contribution in [2.75, 3.05) is 5.88 Å². The molecule has 0 N–H and O–H groups in total. The lowest BCUT2D eigenvalue weighted by Crippen LogP contribution is -2.02. The number of aromatic nitrogens is 2. The molecule has 20 heavy (non-hydrogen) atoms. The summed E-state index contributed by atoms with van der Waals surface area (Å²) >= 11 is 5.93. The molecule has 0 saturated heterocycles. The first-order valence-corrected chi connectivity index (χ1v) is 7.34. The molecule has 0 unspecified atom stereocenters. The van der Waals surface area contributed by atoms with Crippen molar-refractivity contribution in [1.82, 2.24) is 9.55 Å². The van der Waals surface area contributed by atoms with Crippen LogP contribution < -0.4 is 0 Å². The lowest BCUT2D eigenvalue weighted by atomic mass is 10.2. The number of benzene rings is 2. The lowest BCUT2D eigenvalue weighted by Gasteiger charge is -2.09. The molecule has 0 saturated carbocycles. The summed E-state index contributed by atoms with van der Waals surface area (Å²) in [6.07, 6.45) is 0.767. The van der Waals surface area contributed by atoms with Gasteiger partial charge < -0.3 is 0 Å². The van der Waals surface area contributed by atoms with E-state index < -0.39 is 0 Å². The molecule has 0 fully saturated rings. The Bertz CT molecular complexity index is 742. The number of imidazole rings is 1. The second-order valence-electron chi connectivity index (χ2n) is 5.08. The maximum absolute atomic E-state index is 5.93. The van der Waals surface area contributed by atoms with Crippen molar-refractivity contribution in [3.05, 3.63) is 59.4 Å². The molecule has 0 amide bonds. The highest BCUT2D eigenvalue weighted by Crippen LogP contribution is 2.24. The first kappa shape index (κ1) is 13.2. The Labute approximate surface area is 124 Å². The van der Waals surface area contributed by atoms with Crippen LogP contribution in [0.25, 0.3) is 16.7 Å². The second-order valence-corrected chi connectivity index (χ2v) is 5.46. The second kappa shape index (κ2) is 5.29. The van der Waals surface area contributed by atoms with Crippen molar-refractivity contribution in [1.29, 1.82) is 0 Å². The smallest absolute Gasteiger partial charge is 0.115 e. The van der Waals surface area contributed by atoms with Gasteiger partial charge in [0.25, 0.3) is 0 Å². The van der Waals surface area contributed by atoms with E-state index in [1.807, 2.05) is 0 Å². The van der Waals surface area contributed by atoms with Gasteiger partial charge in [0.05, 0.1) is 11.0 Å². The van der Waals surface area contributed by atoms with Gasteiger partial charge in [0.1, 0.15) is 5.82 Å². The number of aryl methyl sites for hydroxylation is 3. The number of hydrogen-bond acceptors (Lipinski definition) is 1. The number of alkyl halides is 1. The Hall–Kier alpha value is -1.80. The van der Waals surface area contributed by atoms with Crippen LogP contribution in [0.1, 0.15) is 17.0 Å². The summed E-state index contributed by atoms with van der Waals surface area (Å²) in [7, 11) is 0. The normalized spacial score (nSPS) is 11.2. The maximum atomic E-state index is 5.93. The minimum absolute atomic E-state index is 0.578. The zero-order valence-electron chi connectivity index (χ0n) is 11.7. The van der Waals surface area contributed by atoms with Gasteiger partial charge in [0, 0.05) is 18.0 Å². The fourth-order valence-electron chi connectivity index (χ4n) is 2.52. The summed E-state index contributed by atoms with van der Waals surface area (Å²) in [5.74, 6) is 1.60. The third-order valence-electron chi connectivity index (χ3n) is 3.57. The zero-order chi connectivity index (χ0) is 14.1. The largest absolute Gasteiger partial charge is 0.296 e. The van der Waals surface area contributed by atoms with Crippen LogP contribution in [0, 0.1) is 13.8 Å². The third-order valence-corrected chi connectivity index (χ3v) is 3.76. The van der Waals surface area contributed by atoms with E-state index in [0.29, 0.717) is 5.88 Å². The summed E-state index contributed by atoms with van der Waals surface area (Å²) < 4.78 is 2.21. The number of fused-ring (bicyclic) bond motifs is 1. The summed E-state index contributed by atoms with van der Waals surface area (Å²) in [5, 5.41) is 0. The van der Waals surface area contributed by atoms with Gasteiger partial charge in [-0.15, -0.1) is 11.6 Å². The van der Waals surface area contributed by atoms with E-state index in [0.717, 1.165) is 29.0 Å². The summed E-state index contributed by atoms with van der Waals surface area (Å²) in [4.78, 5) is 4.78. The Kier molecular flexibility index (Phi) is 3.49. The maximum Gasteiger partial charge on any atom is 0.115 e. The van der Waals surface area contributed by atoms with Crippen molar-refractivity contribution in [2.45, 2.75) is 20.3 Å². The molecule has 0 bridgehead atoms. The summed E-state index contributed by atoms with van der Waals surface area (Å²) in [6, 6.07) is 14.8. The number of nitrogens with zero attached hydrogens (tertiary/aromatic N) is 2. The van der Waals surface area contributed by atoms with Crippen LogP contribution in [0.2, 0.25) is 0 Å². The molecule has 0 spiro atoms. The molecular weight excluding hydrogens is 268 g/mol. The number of hydrogen-bond donors (Lipinski definition) is 0. The van der Waals surface area contributed by atoms with E-state index in [-0.39, 0.29) is 0 Å². The van der Waals surface area contributed by atoms with Gasteiger partial charge in [0.2, 0.25) is 0 Å². The molecule has 2 nitrogen and oxygen atoms in total. The monoisotopic (exact) mass is 284 g/mol. The van der Waals surface area contributed by atoms with E-state index in [9.17, 15) is 0 Å². The molecule has 1 aromatic heterocycles. The van der Waals surface area contributed by atoms with E-state index in [2.05, 4.69) is 60.9 Å². The van der Waals surface area contributed by atoms with Crippen molar-refractivity contribution in [3.8, 4) is 5.69 Å². The summed E-state index contributed by atoms with van der Waals surface area (Å²) in [5.41, 5.74) is 5.81. The molecule has 3 aromatic rings. The van der Waals surface area contributed by atoms with Crippen LogP contribution in [0.5, 0.6) is 0 Å².